The zero-order valence-corrected chi connectivity index (χ0v) is 10.3. The average molecular weight is 282 g/mol. The number of carbonyl (C=O) groups is 1. The summed E-state index contributed by atoms with van der Waals surface area (Å²) in [6.07, 6.45) is 3.70. The number of hydrogen-bond acceptors (Lipinski definition) is 3. The van der Waals surface area contributed by atoms with Gasteiger partial charge in [0.05, 0.1) is 11.6 Å². The van der Waals surface area contributed by atoms with Crippen molar-refractivity contribution in [3.05, 3.63) is 28.5 Å². The fourth-order valence-electron chi connectivity index (χ4n) is 1.14. The molecule has 0 saturated carbocycles. The van der Waals surface area contributed by atoms with Crippen molar-refractivity contribution >= 4 is 21.8 Å². The third-order valence-electron chi connectivity index (χ3n) is 1.99. The molecule has 0 aliphatic rings. The van der Waals surface area contributed by atoms with Crippen LogP contribution in [-0.2, 0) is 0 Å². The van der Waals surface area contributed by atoms with E-state index in [1.54, 1.807) is 12.1 Å². The van der Waals surface area contributed by atoms with Crippen molar-refractivity contribution in [3.63, 3.8) is 0 Å². The molecular formula is C11H12BrN3O. The molecule has 1 heterocycles. The Balaban J connectivity index is 2.30. The Morgan fingerprint density at radius 3 is 2.94 bits per heavy atom. The Morgan fingerprint density at radius 2 is 2.31 bits per heavy atom. The molecule has 0 unspecified atom stereocenters. The van der Waals surface area contributed by atoms with Crippen LogP contribution in [0.2, 0.25) is 0 Å². The number of nitrogens with zero attached hydrogens (tertiary/aromatic N) is 2. The van der Waals surface area contributed by atoms with Crippen LogP contribution in [0.1, 0.15) is 29.6 Å². The van der Waals surface area contributed by atoms with Gasteiger partial charge in [-0.15, -0.1) is 0 Å². The van der Waals surface area contributed by atoms with Gasteiger partial charge in [0.1, 0.15) is 4.60 Å². The van der Waals surface area contributed by atoms with Gasteiger partial charge in [-0.3, -0.25) is 4.79 Å². The SMILES string of the molecule is N#CCCCCNC(=O)c1ccc(Br)nc1. The van der Waals surface area contributed by atoms with E-state index >= 15 is 0 Å². The minimum Gasteiger partial charge on any atom is -0.352 e. The first-order valence-electron chi connectivity index (χ1n) is 5.00. The van der Waals surface area contributed by atoms with Crippen molar-refractivity contribution in [2.45, 2.75) is 19.3 Å². The molecule has 1 aromatic rings. The molecule has 16 heavy (non-hydrogen) atoms. The predicted molar refractivity (Wildman–Crippen MR) is 63.7 cm³/mol. The van der Waals surface area contributed by atoms with Crippen LogP contribution in [0.15, 0.2) is 22.9 Å². The molecule has 0 atom stereocenters. The van der Waals surface area contributed by atoms with E-state index in [9.17, 15) is 4.79 Å². The van der Waals surface area contributed by atoms with Crippen LogP contribution in [0, 0.1) is 11.3 Å². The Labute approximate surface area is 103 Å². The normalized spacial score (nSPS) is 9.50. The van der Waals surface area contributed by atoms with Crippen LogP contribution in [0.25, 0.3) is 0 Å². The van der Waals surface area contributed by atoms with Gasteiger partial charge in [0.25, 0.3) is 5.91 Å². The van der Waals surface area contributed by atoms with E-state index in [1.165, 1.54) is 6.20 Å². The number of pyridine rings is 1. The van der Waals surface area contributed by atoms with E-state index in [1.807, 2.05) is 0 Å². The summed E-state index contributed by atoms with van der Waals surface area (Å²) in [6.45, 7) is 0.594. The van der Waals surface area contributed by atoms with Gasteiger partial charge in [-0.1, -0.05) is 0 Å². The Morgan fingerprint density at radius 1 is 1.50 bits per heavy atom. The Kier molecular flexibility index (Phi) is 5.51. The van der Waals surface area contributed by atoms with Gasteiger partial charge in [-0.25, -0.2) is 4.98 Å². The maximum atomic E-state index is 11.6. The van der Waals surface area contributed by atoms with Crippen LogP contribution in [0.4, 0.5) is 0 Å². The first-order chi connectivity index (χ1) is 7.74. The topological polar surface area (TPSA) is 65.8 Å². The molecule has 0 saturated heterocycles. The number of hydrogen-bond donors (Lipinski definition) is 1. The van der Waals surface area contributed by atoms with Gasteiger partial charge in [0.2, 0.25) is 0 Å². The molecule has 0 spiro atoms. The number of carbonyl (C=O) groups excluding carboxylic acids is 1. The van der Waals surface area contributed by atoms with Gasteiger partial charge in [-0.05, 0) is 40.9 Å². The van der Waals surface area contributed by atoms with Gasteiger partial charge >= 0.3 is 0 Å². The highest BCUT2D eigenvalue weighted by molar-refractivity contribution is 9.10. The van der Waals surface area contributed by atoms with E-state index in [0.29, 0.717) is 23.1 Å². The lowest BCUT2D eigenvalue weighted by Gasteiger charge is -2.03. The number of amides is 1. The summed E-state index contributed by atoms with van der Waals surface area (Å²) in [7, 11) is 0. The maximum Gasteiger partial charge on any atom is 0.252 e. The largest absolute Gasteiger partial charge is 0.352 e. The molecule has 5 heteroatoms. The molecule has 1 rings (SSSR count). The molecule has 0 radical (unpaired) electrons. The number of halogens is 1. The van der Waals surface area contributed by atoms with Crippen LogP contribution in [-0.4, -0.2) is 17.4 Å². The molecule has 0 aliphatic carbocycles. The number of rotatable bonds is 5. The first-order valence-corrected chi connectivity index (χ1v) is 5.80. The zero-order valence-electron chi connectivity index (χ0n) is 8.74. The second kappa shape index (κ2) is 6.96. The highest BCUT2D eigenvalue weighted by atomic mass is 79.9. The van der Waals surface area contributed by atoms with Crippen molar-refractivity contribution in [3.8, 4) is 6.07 Å². The summed E-state index contributed by atoms with van der Waals surface area (Å²) in [5.74, 6) is -0.128. The molecule has 84 valence electrons. The standard InChI is InChI=1S/C11H12BrN3O/c12-10-5-4-9(8-15-10)11(16)14-7-3-1-2-6-13/h4-5,8H,1-3,7H2,(H,14,16). The van der Waals surface area contributed by atoms with E-state index in [0.717, 1.165) is 12.8 Å². The fourth-order valence-corrected chi connectivity index (χ4v) is 1.38. The van der Waals surface area contributed by atoms with Gasteiger partial charge in [-0.2, -0.15) is 5.26 Å². The van der Waals surface area contributed by atoms with Gasteiger partial charge < -0.3 is 5.32 Å². The van der Waals surface area contributed by atoms with Gasteiger partial charge in [0.15, 0.2) is 0 Å². The Hall–Kier alpha value is -1.41. The zero-order chi connectivity index (χ0) is 11.8. The minimum atomic E-state index is -0.128. The maximum absolute atomic E-state index is 11.6. The molecule has 0 aliphatic heterocycles. The fraction of sp³-hybridized carbons (Fsp3) is 0.364. The molecule has 1 aromatic heterocycles. The van der Waals surface area contributed by atoms with Crippen molar-refractivity contribution < 1.29 is 4.79 Å². The lowest BCUT2D eigenvalue weighted by molar-refractivity contribution is 0.0952. The van der Waals surface area contributed by atoms with E-state index < -0.39 is 0 Å². The molecule has 4 nitrogen and oxygen atoms in total. The predicted octanol–water partition coefficient (Wildman–Crippen LogP) is 2.27. The van der Waals surface area contributed by atoms with Crippen molar-refractivity contribution in [1.82, 2.24) is 10.3 Å². The second-order valence-corrected chi connectivity index (χ2v) is 4.05. The van der Waals surface area contributed by atoms with E-state index in [-0.39, 0.29) is 5.91 Å². The highest BCUT2D eigenvalue weighted by Gasteiger charge is 2.04. The number of nitrogens with one attached hydrogen (secondary N) is 1. The lowest BCUT2D eigenvalue weighted by atomic mass is 10.2. The summed E-state index contributed by atoms with van der Waals surface area (Å²) in [6, 6.07) is 5.50. The Bertz CT molecular complexity index is 383. The third kappa shape index (κ3) is 4.41. The van der Waals surface area contributed by atoms with Gasteiger partial charge in [0, 0.05) is 19.2 Å². The van der Waals surface area contributed by atoms with Crippen molar-refractivity contribution in [1.29, 1.82) is 5.26 Å². The number of aromatic nitrogens is 1. The quantitative estimate of drug-likeness (QED) is 0.665. The number of nitriles is 1. The van der Waals surface area contributed by atoms with E-state index in [4.69, 9.17) is 5.26 Å². The summed E-state index contributed by atoms with van der Waals surface area (Å²) in [5, 5.41) is 11.1. The molecule has 1 N–H and O–H groups in total. The summed E-state index contributed by atoms with van der Waals surface area (Å²) >= 11 is 3.20. The summed E-state index contributed by atoms with van der Waals surface area (Å²) in [4.78, 5) is 15.5. The number of unbranched alkanes of at least 4 members (excludes halogenated alkanes) is 2. The van der Waals surface area contributed by atoms with Crippen molar-refractivity contribution in [2.24, 2.45) is 0 Å². The van der Waals surface area contributed by atoms with Crippen LogP contribution in [0.5, 0.6) is 0 Å². The van der Waals surface area contributed by atoms with Crippen LogP contribution >= 0.6 is 15.9 Å². The molecule has 0 bridgehead atoms. The van der Waals surface area contributed by atoms with Crippen molar-refractivity contribution in [2.75, 3.05) is 6.54 Å². The lowest BCUT2D eigenvalue weighted by Crippen LogP contribution is -2.24. The molecular weight excluding hydrogens is 270 g/mol. The summed E-state index contributed by atoms with van der Waals surface area (Å²) in [5.41, 5.74) is 0.545. The monoisotopic (exact) mass is 281 g/mol. The smallest absolute Gasteiger partial charge is 0.252 e. The second-order valence-electron chi connectivity index (χ2n) is 3.24. The van der Waals surface area contributed by atoms with Crippen LogP contribution in [0.3, 0.4) is 0 Å². The molecule has 1 amide bonds. The first kappa shape index (κ1) is 12.7. The third-order valence-corrected chi connectivity index (χ3v) is 2.46. The summed E-state index contributed by atoms with van der Waals surface area (Å²) < 4.78 is 0.707. The van der Waals surface area contributed by atoms with E-state index in [2.05, 4.69) is 32.3 Å². The van der Waals surface area contributed by atoms with Crippen LogP contribution < -0.4 is 5.32 Å². The highest BCUT2D eigenvalue weighted by Crippen LogP contribution is 2.06. The molecule has 0 aromatic carbocycles. The average Bonchev–Trinajstić information content (AvgIpc) is 2.29. The molecule has 0 fully saturated rings. The minimum absolute atomic E-state index is 0.128.